The molecule has 2 aromatic carbocycles. The number of carbonyl (C=O) groups excluding carboxylic acids is 3. The summed E-state index contributed by atoms with van der Waals surface area (Å²) in [6.07, 6.45) is 0.713. The Hall–Kier alpha value is -3.39. The van der Waals surface area contributed by atoms with Crippen molar-refractivity contribution in [3.63, 3.8) is 0 Å². The van der Waals surface area contributed by atoms with Gasteiger partial charge in [-0.1, -0.05) is 50.2 Å². The molecule has 2 aromatic rings. The fourth-order valence-corrected chi connectivity index (χ4v) is 4.47. The molecule has 1 heterocycles. The molecule has 4 N–H and O–H groups in total. The molecule has 0 aliphatic carbocycles. The summed E-state index contributed by atoms with van der Waals surface area (Å²) in [7, 11) is 0. The maximum atomic E-state index is 13.4. The van der Waals surface area contributed by atoms with Gasteiger partial charge in [0.1, 0.15) is 11.8 Å². The van der Waals surface area contributed by atoms with Gasteiger partial charge in [-0.25, -0.2) is 0 Å². The van der Waals surface area contributed by atoms with Crippen molar-refractivity contribution < 1.29 is 24.6 Å². The average molecular weight is 496 g/mol. The fraction of sp³-hybridized carbons (Fsp3) is 0.464. The number of nitrogens with zero attached hydrogens (tertiary/aromatic N) is 1. The summed E-state index contributed by atoms with van der Waals surface area (Å²) in [6, 6.07) is 12.3. The predicted octanol–water partition coefficient (Wildman–Crippen LogP) is 2.56. The number of amides is 3. The van der Waals surface area contributed by atoms with E-state index in [-0.39, 0.29) is 23.6 Å². The van der Waals surface area contributed by atoms with Crippen LogP contribution in [0.4, 0.5) is 0 Å². The van der Waals surface area contributed by atoms with Gasteiger partial charge in [0.25, 0.3) is 11.8 Å². The zero-order valence-corrected chi connectivity index (χ0v) is 21.2. The number of nitrogens with one attached hydrogen (secondary N) is 2. The van der Waals surface area contributed by atoms with Gasteiger partial charge in [0.2, 0.25) is 5.91 Å². The number of rotatable bonds is 10. The lowest BCUT2D eigenvalue weighted by molar-refractivity contribution is -0.146. The Morgan fingerprint density at radius 1 is 1.08 bits per heavy atom. The molecule has 0 bridgehead atoms. The molecule has 3 rings (SSSR count). The highest BCUT2D eigenvalue weighted by Gasteiger charge is 2.39. The van der Waals surface area contributed by atoms with Crippen molar-refractivity contribution in [2.45, 2.75) is 64.6 Å². The summed E-state index contributed by atoms with van der Waals surface area (Å²) in [5.41, 5.74) is 1.51. The van der Waals surface area contributed by atoms with Gasteiger partial charge in [0.15, 0.2) is 6.10 Å². The van der Waals surface area contributed by atoms with E-state index in [2.05, 4.69) is 24.5 Å². The summed E-state index contributed by atoms with van der Waals surface area (Å²) >= 11 is 0. The molecule has 36 heavy (non-hydrogen) atoms. The number of benzene rings is 2. The molecule has 1 aliphatic rings. The molecule has 3 atom stereocenters. The van der Waals surface area contributed by atoms with Gasteiger partial charge in [0.05, 0.1) is 6.04 Å². The maximum absolute atomic E-state index is 13.4. The molecule has 1 aliphatic heterocycles. The summed E-state index contributed by atoms with van der Waals surface area (Å²) < 4.78 is 0. The first kappa shape index (κ1) is 27.2. The quantitative estimate of drug-likeness (QED) is 0.404. The number of likely N-dealkylation sites (tertiary alicyclic amines) is 1. The van der Waals surface area contributed by atoms with Gasteiger partial charge in [-0.15, -0.1) is 0 Å². The van der Waals surface area contributed by atoms with Crippen LogP contribution in [0.5, 0.6) is 5.75 Å². The monoisotopic (exact) mass is 495 g/mol. The Morgan fingerprint density at radius 2 is 1.81 bits per heavy atom. The SMILES string of the molecule is Cc1c(O)cccc1C(=O)N[C@@H](Cc1ccccc1)[C@H](O)C(=O)N1CCC[C@H]1C(=O)NCCC(C)C. The van der Waals surface area contributed by atoms with E-state index < -0.39 is 30.0 Å². The highest BCUT2D eigenvalue weighted by molar-refractivity contribution is 5.97. The molecular formula is C28H37N3O5. The number of hydrogen-bond donors (Lipinski definition) is 4. The molecule has 8 nitrogen and oxygen atoms in total. The third kappa shape index (κ3) is 6.85. The van der Waals surface area contributed by atoms with Gasteiger partial charge in [-0.05, 0) is 56.2 Å². The standard InChI is InChI=1S/C28H37N3O5/c1-18(2)14-15-29-27(35)23-12-8-16-31(23)28(36)25(33)22(17-20-9-5-4-6-10-20)30-26(34)21-11-7-13-24(32)19(21)3/h4-7,9-11,13,18,22-23,25,32-33H,8,12,14-17H2,1-3H3,(H,29,35)(H,30,34)/t22-,23-,25-/m0/s1. The van der Waals surface area contributed by atoms with Crippen LogP contribution in [-0.4, -0.2) is 64.1 Å². The minimum absolute atomic E-state index is 0.0118. The van der Waals surface area contributed by atoms with E-state index in [4.69, 9.17) is 0 Å². The fourth-order valence-electron chi connectivity index (χ4n) is 4.47. The first-order chi connectivity index (χ1) is 17.2. The predicted molar refractivity (Wildman–Crippen MR) is 137 cm³/mol. The molecule has 0 radical (unpaired) electrons. The number of hydrogen-bond acceptors (Lipinski definition) is 5. The summed E-state index contributed by atoms with van der Waals surface area (Å²) in [6.45, 7) is 6.69. The lowest BCUT2D eigenvalue weighted by Gasteiger charge is -2.30. The molecule has 1 saturated heterocycles. The molecule has 194 valence electrons. The molecule has 8 heteroatoms. The lowest BCUT2D eigenvalue weighted by Crippen LogP contribution is -2.55. The largest absolute Gasteiger partial charge is 0.508 e. The Balaban J connectivity index is 1.78. The number of phenolic OH excluding ortho intramolecular Hbond substituents is 1. The second-order valence-electron chi connectivity index (χ2n) is 9.83. The van der Waals surface area contributed by atoms with E-state index in [9.17, 15) is 24.6 Å². The molecule has 0 saturated carbocycles. The smallest absolute Gasteiger partial charge is 0.254 e. The van der Waals surface area contributed by atoms with Gasteiger partial charge in [0, 0.05) is 24.2 Å². The van der Waals surface area contributed by atoms with E-state index in [1.807, 2.05) is 30.3 Å². The first-order valence-electron chi connectivity index (χ1n) is 12.6. The van der Waals surface area contributed by atoms with Crippen molar-refractivity contribution in [3.05, 3.63) is 65.2 Å². The van der Waals surface area contributed by atoms with Crippen LogP contribution in [0, 0.1) is 12.8 Å². The summed E-state index contributed by atoms with van der Waals surface area (Å²) in [4.78, 5) is 40.7. The zero-order chi connectivity index (χ0) is 26.2. The molecular weight excluding hydrogens is 458 g/mol. The van der Waals surface area contributed by atoms with Crippen molar-refractivity contribution in [1.82, 2.24) is 15.5 Å². The Labute approximate surface area is 212 Å². The molecule has 3 amide bonds. The number of carbonyl (C=O) groups is 3. The van der Waals surface area contributed by atoms with Crippen LogP contribution >= 0.6 is 0 Å². The van der Waals surface area contributed by atoms with Crippen molar-refractivity contribution in [3.8, 4) is 5.75 Å². The molecule has 0 unspecified atom stereocenters. The minimum atomic E-state index is -1.55. The van der Waals surface area contributed by atoms with Gasteiger partial charge in [-0.3, -0.25) is 14.4 Å². The number of aliphatic hydroxyl groups is 1. The van der Waals surface area contributed by atoms with Crippen LogP contribution < -0.4 is 10.6 Å². The second kappa shape index (κ2) is 12.5. The second-order valence-corrected chi connectivity index (χ2v) is 9.83. The van der Waals surface area contributed by atoms with E-state index in [0.29, 0.717) is 37.4 Å². The lowest BCUT2D eigenvalue weighted by atomic mass is 9.98. The van der Waals surface area contributed by atoms with E-state index in [0.717, 1.165) is 12.0 Å². The van der Waals surface area contributed by atoms with Crippen molar-refractivity contribution >= 4 is 17.7 Å². The Kier molecular flexibility index (Phi) is 9.47. The normalized spacial score (nSPS) is 17.0. The van der Waals surface area contributed by atoms with E-state index in [1.165, 1.54) is 11.0 Å². The van der Waals surface area contributed by atoms with Crippen LogP contribution in [0.2, 0.25) is 0 Å². The Bertz CT molecular complexity index is 1060. The third-order valence-corrected chi connectivity index (χ3v) is 6.66. The van der Waals surface area contributed by atoms with Crippen molar-refractivity contribution in [2.24, 2.45) is 5.92 Å². The Morgan fingerprint density at radius 3 is 2.50 bits per heavy atom. The van der Waals surface area contributed by atoms with Crippen molar-refractivity contribution in [1.29, 1.82) is 0 Å². The summed E-state index contributed by atoms with van der Waals surface area (Å²) in [5.74, 6) is -0.855. The number of aliphatic hydroxyl groups excluding tert-OH is 1. The number of aromatic hydroxyl groups is 1. The van der Waals surface area contributed by atoms with E-state index in [1.54, 1.807) is 19.1 Å². The van der Waals surface area contributed by atoms with Crippen LogP contribution in [0.15, 0.2) is 48.5 Å². The first-order valence-corrected chi connectivity index (χ1v) is 12.6. The molecule has 0 aromatic heterocycles. The van der Waals surface area contributed by atoms with Gasteiger partial charge >= 0.3 is 0 Å². The third-order valence-electron chi connectivity index (χ3n) is 6.66. The maximum Gasteiger partial charge on any atom is 0.254 e. The molecule has 0 spiro atoms. The van der Waals surface area contributed by atoms with E-state index >= 15 is 0 Å². The average Bonchev–Trinajstić information content (AvgIpc) is 3.35. The minimum Gasteiger partial charge on any atom is -0.508 e. The van der Waals surface area contributed by atoms with Crippen LogP contribution in [-0.2, 0) is 16.0 Å². The zero-order valence-electron chi connectivity index (χ0n) is 21.2. The van der Waals surface area contributed by atoms with Crippen LogP contribution in [0.3, 0.4) is 0 Å². The summed E-state index contributed by atoms with van der Waals surface area (Å²) in [5, 5.41) is 26.9. The van der Waals surface area contributed by atoms with Crippen LogP contribution in [0.1, 0.15) is 54.6 Å². The number of phenols is 1. The highest BCUT2D eigenvalue weighted by Crippen LogP contribution is 2.22. The van der Waals surface area contributed by atoms with Crippen molar-refractivity contribution in [2.75, 3.05) is 13.1 Å². The topological polar surface area (TPSA) is 119 Å². The van der Waals surface area contributed by atoms with Gasteiger partial charge in [-0.2, -0.15) is 0 Å². The van der Waals surface area contributed by atoms with Crippen LogP contribution in [0.25, 0.3) is 0 Å². The van der Waals surface area contributed by atoms with Gasteiger partial charge < -0.3 is 25.7 Å². The molecule has 1 fully saturated rings. The highest BCUT2D eigenvalue weighted by atomic mass is 16.3.